The van der Waals surface area contributed by atoms with Crippen molar-refractivity contribution in [3.63, 3.8) is 0 Å². The molecule has 0 bridgehead atoms. The zero-order chi connectivity index (χ0) is 23.4. The highest BCUT2D eigenvalue weighted by Gasteiger charge is 2.44. The van der Waals surface area contributed by atoms with Crippen LogP contribution >= 0.6 is 0 Å². The van der Waals surface area contributed by atoms with Crippen molar-refractivity contribution in [2.45, 2.75) is 78.3 Å². The molecular formula is C17H47NO7Si4. The topological polar surface area (TPSA) is 101 Å². The van der Waals surface area contributed by atoms with E-state index in [0.29, 0.717) is 0 Å². The molecule has 0 amide bonds. The zero-order valence-corrected chi connectivity index (χ0v) is 24.4. The van der Waals surface area contributed by atoms with Crippen LogP contribution in [0.5, 0.6) is 0 Å². The molecule has 0 spiro atoms. The molecule has 29 heavy (non-hydrogen) atoms. The maximum atomic E-state index is 8.13. The number of hydrogen-bond donors (Lipinski definition) is 3. The molecule has 0 rings (SSSR count). The summed E-state index contributed by atoms with van der Waals surface area (Å²) in [6, 6.07) is 0.975. The molecule has 12 heteroatoms. The Morgan fingerprint density at radius 2 is 1.14 bits per heavy atom. The summed E-state index contributed by atoms with van der Waals surface area (Å²) in [6.45, 7) is 22.5. The second-order valence-electron chi connectivity index (χ2n) is 9.46. The first-order valence-corrected chi connectivity index (χ1v) is 22.4. The van der Waals surface area contributed by atoms with Crippen LogP contribution in [0.25, 0.3) is 0 Å². The van der Waals surface area contributed by atoms with Gasteiger partial charge in [0.25, 0.3) is 0 Å². The van der Waals surface area contributed by atoms with Crippen molar-refractivity contribution >= 4 is 33.8 Å². The fourth-order valence-corrected chi connectivity index (χ4v) is 20.7. The minimum atomic E-state index is -2.23. The first kappa shape index (κ1) is 31.7. The van der Waals surface area contributed by atoms with Crippen LogP contribution < -0.4 is 0 Å². The molecule has 1 atom stereocenters. The Labute approximate surface area is 182 Å². The van der Waals surface area contributed by atoms with Crippen LogP contribution in [0.15, 0.2) is 0 Å². The summed E-state index contributed by atoms with van der Waals surface area (Å²) >= 11 is 0. The van der Waals surface area contributed by atoms with E-state index in [1.165, 1.54) is 0 Å². The molecule has 0 fully saturated rings. The van der Waals surface area contributed by atoms with Crippen LogP contribution in [-0.4, -0.2) is 87.4 Å². The van der Waals surface area contributed by atoms with E-state index in [-0.39, 0.29) is 20.2 Å². The first-order valence-electron chi connectivity index (χ1n) is 10.3. The molecule has 0 aliphatic carbocycles. The van der Waals surface area contributed by atoms with Crippen molar-refractivity contribution in [1.82, 2.24) is 4.90 Å². The maximum Gasteiger partial charge on any atom is 0.315 e. The summed E-state index contributed by atoms with van der Waals surface area (Å²) in [6.07, 6.45) is 0.998. The second-order valence-corrected chi connectivity index (χ2v) is 25.9. The van der Waals surface area contributed by atoms with E-state index in [0.717, 1.165) is 30.6 Å². The van der Waals surface area contributed by atoms with E-state index in [1.54, 1.807) is 0 Å². The van der Waals surface area contributed by atoms with E-state index in [2.05, 4.69) is 58.9 Å². The average Bonchev–Trinajstić information content (AvgIpc) is 2.49. The van der Waals surface area contributed by atoms with Gasteiger partial charge in [-0.1, -0.05) is 0 Å². The fourth-order valence-electron chi connectivity index (χ4n) is 2.82. The Kier molecular flexibility index (Phi) is 16.0. The van der Waals surface area contributed by atoms with Gasteiger partial charge in [0.15, 0.2) is 16.6 Å². The SMILES string of the molecule is CCOCCC[Si](C)(O[Si](C)(C)C)O[Si](C)(C)O[Si](C)(C)C.OCN(CO)CO. The number of aliphatic hydroxyl groups is 3. The minimum Gasteiger partial charge on any atom is -0.437 e. The number of ether oxygens (including phenoxy) is 1. The van der Waals surface area contributed by atoms with Gasteiger partial charge in [-0.05, 0) is 78.3 Å². The van der Waals surface area contributed by atoms with Gasteiger partial charge in [-0.3, -0.25) is 0 Å². The first-order chi connectivity index (χ1) is 13.0. The van der Waals surface area contributed by atoms with Gasteiger partial charge in [-0.25, -0.2) is 4.90 Å². The molecule has 3 N–H and O–H groups in total. The molecule has 0 aliphatic rings. The number of nitrogens with zero attached hydrogens (tertiary/aromatic N) is 1. The van der Waals surface area contributed by atoms with Gasteiger partial charge < -0.3 is 32.4 Å². The molecule has 0 aromatic rings. The molecule has 0 aromatic heterocycles. The normalized spacial score (nSPS) is 15.1. The molecule has 0 heterocycles. The van der Waals surface area contributed by atoms with E-state index in [1.807, 2.05) is 6.92 Å². The van der Waals surface area contributed by atoms with E-state index >= 15 is 0 Å². The molecule has 0 radical (unpaired) electrons. The largest absolute Gasteiger partial charge is 0.437 e. The average molecular weight is 490 g/mol. The van der Waals surface area contributed by atoms with E-state index in [9.17, 15) is 0 Å². The molecular weight excluding hydrogens is 443 g/mol. The molecule has 1 unspecified atom stereocenters. The predicted molar refractivity (Wildman–Crippen MR) is 128 cm³/mol. The monoisotopic (exact) mass is 489 g/mol. The molecule has 0 saturated heterocycles. The maximum absolute atomic E-state index is 8.13. The van der Waals surface area contributed by atoms with Crippen molar-refractivity contribution in [2.24, 2.45) is 0 Å². The third kappa shape index (κ3) is 20.2. The molecule has 8 nitrogen and oxygen atoms in total. The third-order valence-electron chi connectivity index (χ3n) is 3.26. The number of hydrogen-bond acceptors (Lipinski definition) is 8. The Bertz CT molecular complexity index is 410. The van der Waals surface area contributed by atoms with Crippen LogP contribution in [0, 0.1) is 0 Å². The van der Waals surface area contributed by atoms with Crippen molar-refractivity contribution < 1.29 is 32.4 Å². The summed E-state index contributed by atoms with van der Waals surface area (Å²) in [7, 11) is -7.64. The predicted octanol–water partition coefficient (Wildman–Crippen LogP) is 3.04. The lowest BCUT2D eigenvalue weighted by atomic mass is 10.5. The van der Waals surface area contributed by atoms with Gasteiger partial charge in [-0.2, -0.15) is 0 Å². The van der Waals surface area contributed by atoms with Gasteiger partial charge in [0.2, 0.25) is 0 Å². The summed E-state index contributed by atoms with van der Waals surface area (Å²) in [5.41, 5.74) is 0. The second kappa shape index (κ2) is 14.6. The zero-order valence-electron chi connectivity index (χ0n) is 20.4. The van der Waals surface area contributed by atoms with Crippen molar-refractivity contribution in [2.75, 3.05) is 33.4 Å². The highest BCUT2D eigenvalue weighted by molar-refractivity contribution is 6.89. The van der Waals surface area contributed by atoms with Crippen LogP contribution in [0.1, 0.15) is 13.3 Å². The van der Waals surface area contributed by atoms with Crippen molar-refractivity contribution in [3.8, 4) is 0 Å². The summed E-state index contributed by atoms with van der Waals surface area (Å²) < 4.78 is 25.0. The Hall–Kier alpha value is 0.548. The highest BCUT2D eigenvalue weighted by atomic mass is 28.5. The highest BCUT2D eigenvalue weighted by Crippen LogP contribution is 2.27. The van der Waals surface area contributed by atoms with Gasteiger partial charge in [0, 0.05) is 13.2 Å². The summed E-state index contributed by atoms with van der Waals surface area (Å²) in [4.78, 5) is 1.04. The standard InChI is InChI=1S/C14H38O4Si4.C3H9NO3/c1-11-15-13-12-14-22(10,17-20(5,6)7)18-21(8,9)16-19(2,3)4;5-1-4(2-6)3-7/h11-14H2,1-10H3;5-7H,1-3H2. The molecule has 0 aromatic carbocycles. The Morgan fingerprint density at radius 3 is 1.45 bits per heavy atom. The molecule has 178 valence electrons. The fraction of sp³-hybridized carbons (Fsp3) is 1.00. The van der Waals surface area contributed by atoms with Crippen LogP contribution in [0.2, 0.25) is 65.0 Å². The Balaban J connectivity index is 0. The summed E-state index contributed by atoms with van der Waals surface area (Å²) in [5, 5.41) is 24.4. The van der Waals surface area contributed by atoms with Crippen LogP contribution in [-0.2, 0) is 17.1 Å². The van der Waals surface area contributed by atoms with Gasteiger partial charge in [0.1, 0.15) is 0 Å². The quantitative estimate of drug-likeness (QED) is 0.194. The lowest BCUT2D eigenvalue weighted by Gasteiger charge is -2.41. The van der Waals surface area contributed by atoms with E-state index in [4.69, 9.17) is 32.4 Å². The van der Waals surface area contributed by atoms with E-state index < -0.39 is 33.8 Å². The minimum absolute atomic E-state index is 0.312. The van der Waals surface area contributed by atoms with Gasteiger partial charge >= 0.3 is 17.1 Å². The van der Waals surface area contributed by atoms with Crippen LogP contribution in [0.3, 0.4) is 0 Å². The third-order valence-corrected chi connectivity index (χ3v) is 16.8. The Morgan fingerprint density at radius 1 is 0.690 bits per heavy atom. The number of aliphatic hydroxyl groups excluding tert-OH is 3. The lowest BCUT2D eigenvalue weighted by molar-refractivity contribution is -0.0268. The molecule has 0 aliphatic heterocycles. The summed E-state index contributed by atoms with van der Waals surface area (Å²) in [5.74, 6) is 0. The van der Waals surface area contributed by atoms with Gasteiger partial charge in [-0.15, -0.1) is 0 Å². The van der Waals surface area contributed by atoms with Gasteiger partial charge in [0.05, 0.1) is 20.2 Å². The van der Waals surface area contributed by atoms with Crippen molar-refractivity contribution in [1.29, 1.82) is 0 Å². The lowest BCUT2D eigenvalue weighted by Crippen LogP contribution is -2.56. The number of rotatable bonds is 14. The van der Waals surface area contributed by atoms with Crippen LogP contribution in [0.4, 0.5) is 0 Å². The van der Waals surface area contributed by atoms with Crippen molar-refractivity contribution in [3.05, 3.63) is 0 Å². The molecule has 0 saturated carbocycles. The smallest absolute Gasteiger partial charge is 0.315 e.